The molecule has 0 spiro atoms. The van der Waals surface area contributed by atoms with E-state index in [1.165, 1.54) is 18.2 Å². The molecule has 1 aromatic carbocycles. The van der Waals surface area contributed by atoms with E-state index in [1.54, 1.807) is 0 Å². The van der Waals surface area contributed by atoms with Crippen LogP contribution in [-0.4, -0.2) is 6.21 Å². The molecule has 5 heteroatoms. The van der Waals surface area contributed by atoms with Crippen molar-refractivity contribution in [2.45, 2.75) is 6.18 Å². The fourth-order valence-electron chi connectivity index (χ4n) is 0.948. The molecule has 0 saturated heterocycles. The molecule has 0 saturated carbocycles. The van der Waals surface area contributed by atoms with E-state index in [2.05, 4.69) is 5.10 Å². The fraction of sp³-hybridized carbons (Fsp3) is 0.125. The van der Waals surface area contributed by atoms with E-state index in [0.29, 0.717) is 0 Å². The average Bonchev–Trinajstić information content (AvgIpc) is 2.04. The highest BCUT2D eigenvalue weighted by molar-refractivity contribution is 5.81. The minimum atomic E-state index is -4.36. The van der Waals surface area contributed by atoms with E-state index < -0.39 is 11.7 Å². The summed E-state index contributed by atoms with van der Waals surface area (Å²) in [5, 5.41) is 3.06. The molecule has 0 aliphatic carbocycles. The lowest BCUT2D eigenvalue weighted by Crippen LogP contribution is -2.08. The third kappa shape index (κ3) is 2.21. The van der Waals surface area contributed by atoms with Gasteiger partial charge in [-0.25, -0.2) is 0 Å². The van der Waals surface area contributed by atoms with Crippen molar-refractivity contribution >= 4 is 6.21 Å². The molecule has 1 aromatic rings. The maximum atomic E-state index is 12.3. The van der Waals surface area contributed by atoms with Gasteiger partial charge in [-0.1, -0.05) is 18.2 Å². The van der Waals surface area contributed by atoms with Gasteiger partial charge in [-0.2, -0.15) is 18.3 Å². The smallest absolute Gasteiger partial charge is 0.323 e. The zero-order valence-corrected chi connectivity index (χ0v) is 6.55. The molecule has 2 nitrogen and oxygen atoms in total. The van der Waals surface area contributed by atoms with Gasteiger partial charge in [0.25, 0.3) is 0 Å². The number of rotatable bonds is 1. The summed E-state index contributed by atoms with van der Waals surface area (Å²) in [4.78, 5) is 0. The summed E-state index contributed by atoms with van der Waals surface area (Å²) in [5.74, 6) is 4.77. The molecule has 0 aliphatic heterocycles. The standard InChI is InChI=1S/C8H7F3N2/c9-8(10,11)7-4-2-1-3-6(7)5-13-12/h1-5H,12H2. The van der Waals surface area contributed by atoms with Crippen molar-refractivity contribution in [3.63, 3.8) is 0 Å². The summed E-state index contributed by atoms with van der Waals surface area (Å²) in [6, 6.07) is 5.10. The summed E-state index contributed by atoms with van der Waals surface area (Å²) in [7, 11) is 0. The van der Waals surface area contributed by atoms with Gasteiger partial charge in [-0.3, -0.25) is 0 Å². The topological polar surface area (TPSA) is 38.4 Å². The highest BCUT2D eigenvalue weighted by atomic mass is 19.4. The Kier molecular flexibility index (Phi) is 2.55. The van der Waals surface area contributed by atoms with Gasteiger partial charge in [0.05, 0.1) is 11.8 Å². The molecule has 2 N–H and O–H groups in total. The molecule has 0 radical (unpaired) electrons. The van der Waals surface area contributed by atoms with Gasteiger partial charge in [-0.05, 0) is 6.07 Å². The van der Waals surface area contributed by atoms with Crippen molar-refractivity contribution in [1.29, 1.82) is 0 Å². The number of hydrogen-bond donors (Lipinski definition) is 1. The minimum absolute atomic E-state index is 0.0301. The zero-order valence-electron chi connectivity index (χ0n) is 6.55. The molecule has 70 valence electrons. The molecule has 0 unspecified atom stereocenters. The van der Waals surface area contributed by atoms with E-state index >= 15 is 0 Å². The number of nitrogens with two attached hydrogens (primary N) is 1. The van der Waals surface area contributed by atoms with E-state index in [9.17, 15) is 13.2 Å². The molecule has 0 atom stereocenters. The van der Waals surface area contributed by atoms with E-state index in [4.69, 9.17) is 5.84 Å². The monoisotopic (exact) mass is 188 g/mol. The Balaban J connectivity index is 3.20. The van der Waals surface area contributed by atoms with E-state index in [0.717, 1.165) is 12.3 Å². The van der Waals surface area contributed by atoms with Crippen molar-refractivity contribution in [2.75, 3.05) is 0 Å². The summed E-state index contributed by atoms with van der Waals surface area (Å²) >= 11 is 0. The third-order valence-corrected chi connectivity index (χ3v) is 1.48. The maximum absolute atomic E-state index is 12.3. The second-order valence-electron chi connectivity index (χ2n) is 2.36. The van der Waals surface area contributed by atoms with Crippen LogP contribution in [0.15, 0.2) is 29.4 Å². The number of alkyl halides is 3. The highest BCUT2D eigenvalue weighted by Gasteiger charge is 2.32. The Labute approximate surface area is 72.9 Å². The minimum Gasteiger partial charge on any atom is -0.323 e. The van der Waals surface area contributed by atoms with Crippen molar-refractivity contribution in [2.24, 2.45) is 10.9 Å². The van der Waals surface area contributed by atoms with E-state index in [-0.39, 0.29) is 5.56 Å². The lowest BCUT2D eigenvalue weighted by Gasteiger charge is -2.08. The Morgan fingerprint density at radius 2 is 1.85 bits per heavy atom. The first-order chi connectivity index (χ1) is 6.05. The fourth-order valence-corrected chi connectivity index (χ4v) is 0.948. The summed E-state index contributed by atoms with van der Waals surface area (Å²) in [5.41, 5.74) is -0.762. The number of hydrazone groups is 1. The Bertz CT molecular complexity index is 317. The largest absolute Gasteiger partial charge is 0.417 e. The molecule has 0 fully saturated rings. The molecular weight excluding hydrogens is 181 g/mol. The number of halogens is 3. The second kappa shape index (κ2) is 3.47. The summed E-state index contributed by atoms with van der Waals surface area (Å²) < 4.78 is 36.8. The van der Waals surface area contributed by atoms with Crippen molar-refractivity contribution in [3.05, 3.63) is 35.4 Å². The van der Waals surface area contributed by atoms with Gasteiger partial charge in [0, 0.05) is 5.56 Å². The van der Waals surface area contributed by atoms with Crippen LogP contribution in [0.25, 0.3) is 0 Å². The number of benzene rings is 1. The van der Waals surface area contributed by atoms with Crippen LogP contribution < -0.4 is 5.84 Å². The van der Waals surface area contributed by atoms with Crippen LogP contribution in [0.1, 0.15) is 11.1 Å². The Morgan fingerprint density at radius 3 is 2.38 bits per heavy atom. The highest BCUT2D eigenvalue weighted by Crippen LogP contribution is 2.30. The van der Waals surface area contributed by atoms with Crippen LogP contribution in [0.5, 0.6) is 0 Å². The van der Waals surface area contributed by atoms with Gasteiger partial charge in [0.2, 0.25) is 0 Å². The predicted octanol–water partition coefficient (Wildman–Crippen LogP) is 2.00. The van der Waals surface area contributed by atoms with Crippen LogP contribution in [0.3, 0.4) is 0 Å². The average molecular weight is 188 g/mol. The summed E-state index contributed by atoms with van der Waals surface area (Å²) in [6.07, 6.45) is -3.39. The molecule has 0 bridgehead atoms. The first-order valence-corrected chi connectivity index (χ1v) is 3.45. The second-order valence-corrected chi connectivity index (χ2v) is 2.36. The number of hydrogen-bond acceptors (Lipinski definition) is 2. The van der Waals surface area contributed by atoms with Gasteiger partial charge in [-0.15, -0.1) is 0 Å². The van der Waals surface area contributed by atoms with Crippen LogP contribution in [0.4, 0.5) is 13.2 Å². The lowest BCUT2D eigenvalue weighted by atomic mass is 10.1. The molecule has 0 amide bonds. The molecular formula is C8H7F3N2. The Hall–Kier alpha value is -1.52. The molecule has 0 aliphatic rings. The van der Waals surface area contributed by atoms with Crippen LogP contribution in [0, 0.1) is 0 Å². The Morgan fingerprint density at radius 1 is 1.23 bits per heavy atom. The first kappa shape index (κ1) is 9.57. The normalized spacial score (nSPS) is 12.2. The maximum Gasteiger partial charge on any atom is 0.417 e. The van der Waals surface area contributed by atoms with Gasteiger partial charge in [0.15, 0.2) is 0 Å². The van der Waals surface area contributed by atoms with Gasteiger partial charge < -0.3 is 5.84 Å². The van der Waals surface area contributed by atoms with Crippen LogP contribution in [0.2, 0.25) is 0 Å². The molecule has 13 heavy (non-hydrogen) atoms. The molecule has 0 heterocycles. The third-order valence-electron chi connectivity index (χ3n) is 1.48. The predicted molar refractivity (Wildman–Crippen MR) is 43.2 cm³/mol. The molecule has 0 aromatic heterocycles. The SMILES string of the molecule is NN=Cc1ccccc1C(F)(F)F. The van der Waals surface area contributed by atoms with Crippen LogP contribution >= 0.6 is 0 Å². The van der Waals surface area contributed by atoms with Gasteiger partial charge >= 0.3 is 6.18 Å². The first-order valence-electron chi connectivity index (χ1n) is 3.45. The lowest BCUT2D eigenvalue weighted by molar-refractivity contribution is -0.137. The zero-order chi connectivity index (χ0) is 9.90. The molecule has 1 rings (SSSR count). The number of nitrogens with zero attached hydrogens (tertiary/aromatic N) is 1. The van der Waals surface area contributed by atoms with E-state index in [1.807, 2.05) is 0 Å². The van der Waals surface area contributed by atoms with Crippen molar-refractivity contribution in [1.82, 2.24) is 0 Å². The van der Waals surface area contributed by atoms with Crippen LogP contribution in [-0.2, 0) is 6.18 Å². The summed E-state index contributed by atoms with van der Waals surface area (Å²) in [6.45, 7) is 0. The van der Waals surface area contributed by atoms with Crippen molar-refractivity contribution < 1.29 is 13.2 Å². The quantitative estimate of drug-likeness (QED) is 0.408. The van der Waals surface area contributed by atoms with Crippen molar-refractivity contribution in [3.8, 4) is 0 Å². The van der Waals surface area contributed by atoms with Gasteiger partial charge in [0.1, 0.15) is 0 Å².